The Morgan fingerprint density at radius 2 is 2.20 bits per heavy atom. The fourth-order valence-electron chi connectivity index (χ4n) is 2.51. The largest absolute Gasteiger partial charge is 0.352 e. The van der Waals surface area contributed by atoms with E-state index in [1.807, 2.05) is 0 Å². The Bertz CT molecular complexity index is 507. The van der Waals surface area contributed by atoms with Gasteiger partial charge in [-0.2, -0.15) is 0 Å². The maximum Gasteiger partial charge on any atom is 0.269 e. The maximum atomic E-state index is 11.9. The number of carbonyl (C=O) groups excluding carboxylic acids is 1. The maximum absolute atomic E-state index is 11.9. The van der Waals surface area contributed by atoms with Crippen molar-refractivity contribution in [1.29, 1.82) is 0 Å². The van der Waals surface area contributed by atoms with Crippen LogP contribution in [-0.4, -0.2) is 17.4 Å². The predicted octanol–water partition coefficient (Wildman–Crippen LogP) is 1.73. The van der Waals surface area contributed by atoms with Crippen molar-refractivity contribution < 1.29 is 9.72 Å². The standard InChI is InChI=1S/C14H19N3O3/c15-10-14(5-2-6-14)8-13(18)16-9-11-3-1-4-12(7-11)17(19)20/h1,3-4,7H,2,5-6,8-10,15H2,(H,16,18). The predicted molar refractivity (Wildman–Crippen MR) is 74.9 cm³/mol. The first kappa shape index (κ1) is 14.5. The summed E-state index contributed by atoms with van der Waals surface area (Å²) in [4.78, 5) is 22.1. The minimum Gasteiger partial charge on any atom is -0.352 e. The Morgan fingerprint density at radius 3 is 2.75 bits per heavy atom. The lowest BCUT2D eigenvalue weighted by Gasteiger charge is -2.40. The molecule has 3 N–H and O–H groups in total. The molecule has 0 heterocycles. The van der Waals surface area contributed by atoms with Crippen LogP contribution in [0.1, 0.15) is 31.2 Å². The molecule has 20 heavy (non-hydrogen) atoms. The average Bonchev–Trinajstić information content (AvgIpc) is 2.41. The summed E-state index contributed by atoms with van der Waals surface area (Å²) in [5.74, 6) is -0.0401. The number of nitrogens with one attached hydrogen (secondary N) is 1. The highest BCUT2D eigenvalue weighted by Crippen LogP contribution is 2.42. The molecular formula is C14H19N3O3. The third-order valence-corrected chi connectivity index (χ3v) is 3.99. The van der Waals surface area contributed by atoms with Crippen LogP contribution in [0.2, 0.25) is 0 Å². The molecule has 1 fully saturated rings. The Labute approximate surface area is 117 Å². The van der Waals surface area contributed by atoms with Crippen LogP contribution in [0.3, 0.4) is 0 Å². The third-order valence-electron chi connectivity index (χ3n) is 3.99. The topological polar surface area (TPSA) is 98.3 Å². The second kappa shape index (κ2) is 6.00. The molecule has 0 saturated heterocycles. The first-order valence-electron chi connectivity index (χ1n) is 6.75. The Morgan fingerprint density at radius 1 is 1.45 bits per heavy atom. The van der Waals surface area contributed by atoms with Crippen molar-refractivity contribution in [3.8, 4) is 0 Å². The fraction of sp³-hybridized carbons (Fsp3) is 0.500. The summed E-state index contributed by atoms with van der Waals surface area (Å²) in [6, 6.07) is 6.29. The van der Waals surface area contributed by atoms with E-state index in [9.17, 15) is 14.9 Å². The fourth-order valence-corrected chi connectivity index (χ4v) is 2.51. The lowest BCUT2D eigenvalue weighted by Crippen LogP contribution is -2.41. The summed E-state index contributed by atoms with van der Waals surface area (Å²) in [5.41, 5.74) is 6.46. The number of hydrogen-bond acceptors (Lipinski definition) is 4. The molecule has 1 aliphatic carbocycles. The van der Waals surface area contributed by atoms with Crippen molar-refractivity contribution in [1.82, 2.24) is 5.32 Å². The van der Waals surface area contributed by atoms with Crippen molar-refractivity contribution >= 4 is 11.6 Å². The first-order chi connectivity index (χ1) is 9.54. The smallest absolute Gasteiger partial charge is 0.269 e. The van der Waals surface area contributed by atoms with Crippen LogP contribution >= 0.6 is 0 Å². The number of nitrogens with two attached hydrogens (primary N) is 1. The third kappa shape index (κ3) is 3.33. The molecule has 108 valence electrons. The first-order valence-corrected chi connectivity index (χ1v) is 6.75. The van der Waals surface area contributed by atoms with Gasteiger partial charge >= 0.3 is 0 Å². The Kier molecular flexibility index (Phi) is 4.34. The van der Waals surface area contributed by atoms with Gasteiger partial charge in [0.05, 0.1) is 4.92 Å². The molecular weight excluding hydrogens is 258 g/mol. The molecule has 1 aromatic carbocycles. The van der Waals surface area contributed by atoms with E-state index in [1.54, 1.807) is 12.1 Å². The van der Waals surface area contributed by atoms with Gasteiger partial charge in [0, 0.05) is 25.1 Å². The number of carbonyl (C=O) groups is 1. The molecule has 0 aromatic heterocycles. The molecule has 1 aliphatic rings. The summed E-state index contributed by atoms with van der Waals surface area (Å²) >= 11 is 0. The highest BCUT2D eigenvalue weighted by Gasteiger charge is 2.37. The molecule has 1 amide bonds. The quantitative estimate of drug-likeness (QED) is 0.611. The molecule has 6 heteroatoms. The van der Waals surface area contributed by atoms with Gasteiger partial charge in [-0.05, 0) is 30.4 Å². The minimum absolute atomic E-state index is 0.0211. The summed E-state index contributed by atoms with van der Waals surface area (Å²) in [5, 5.41) is 13.5. The van der Waals surface area contributed by atoms with E-state index in [4.69, 9.17) is 5.73 Å². The van der Waals surface area contributed by atoms with E-state index in [1.165, 1.54) is 12.1 Å². The number of non-ortho nitro benzene ring substituents is 1. The van der Waals surface area contributed by atoms with Crippen LogP contribution < -0.4 is 11.1 Å². The zero-order chi connectivity index (χ0) is 14.6. The van der Waals surface area contributed by atoms with Gasteiger partial charge < -0.3 is 11.1 Å². The van der Waals surface area contributed by atoms with Crippen LogP contribution in [0.15, 0.2) is 24.3 Å². The van der Waals surface area contributed by atoms with Gasteiger partial charge in [-0.3, -0.25) is 14.9 Å². The second-order valence-electron chi connectivity index (χ2n) is 5.44. The van der Waals surface area contributed by atoms with Crippen LogP contribution in [0.5, 0.6) is 0 Å². The number of nitrogens with zero attached hydrogens (tertiary/aromatic N) is 1. The van der Waals surface area contributed by atoms with Crippen molar-refractivity contribution in [2.24, 2.45) is 11.1 Å². The summed E-state index contributed by atoms with van der Waals surface area (Å²) in [7, 11) is 0. The molecule has 0 unspecified atom stereocenters. The normalized spacial score (nSPS) is 16.2. The number of nitro groups is 1. The zero-order valence-electron chi connectivity index (χ0n) is 11.3. The molecule has 0 atom stereocenters. The molecule has 0 aliphatic heterocycles. The van der Waals surface area contributed by atoms with Crippen LogP contribution in [-0.2, 0) is 11.3 Å². The van der Waals surface area contributed by atoms with Crippen molar-refractivity contribution in [2.75, 3.05) is 6.54 Å². The number of amides is 1. The highest BCUT2D eigenvalue weighted by atomic mass is 16.6. The minimum atomic E-state index is -0.441. The molecule has 1 aromatic rings. The second-order valence-corrected chi connectivity index (χ2v) is 5.44. The van der Waals surface area contributed by atoms with E-state index in [2.05, 4.69) is 5.32 Å². The molecule has 2 rings (SSSR count). The highest BCUT2D eigenvalue weighted by molar-refractivity contribution is 5.76. The van der Waals surface area contributed by atoms with E-state index < -0.39 is 4.92 Å². The number of benzene rings is 1. The van der Waals surface area contributed by atoms with Crippen molar-refractivity contribution in [3.63, 3.8) is 0 Å². The number of nitro benzene ring substituents is 1. The van der Waals surface area contributed by atoms with Gasteiger partial charge in [0.15, 0.2) is 0 Å². The summed E-state index contributed by atoms with van der Waals surface area (Å²) in [6.45, 7) is 0.846. The Balaban J connectivity index is 1.87. The van der Waals surface area contributed by atoms with Crippen LogP contribution in [0, 0.1) is 15.5 Å². The summed E-state index contributed by atoms with van der Waals surface area (Å²) in [6.07, 6.45) is 3.59. The van der Waals surface area contributed by atoms with E-state index in [0.717, 1.165) is 24.8 Å². The van der Waals surface area contributed by atoms with Gasteiger partial charge in [0.1, 0.15) is 0 Å². The van der Waals surface area contributed by atoms with Gasteiger partial charge in [-0.25, -0.2) is 0 Å². The molecule has 1 saturated carbocycles. The average molecular weight is 277 g/mol. The number of hydrogen-bond donors (Lipinski definition) is 2. The van der Waals surface area contributed by atoms with Crippen LogP contribution in [0.25, 0.3) is 0 Å². The Hall–Kier alpha value is -1.95. The van der Waals surface area contributed by atoms with Crippen molar-refractivity contribution in [3.05, 3.63) is 39.9 Å². The summed E-state index contributed by atoms with van der Waals surface area (Å²) < 4.78 is 0. The van der Waals surface area contributed by atoms with E-state index in [-0.39, 0.29) is 17.0 Å². The van der Waals surface area contributed by atoms with Gasteiger partial charge in [0.25, 0.3) is 5.69 Å². The molecule has 0 radical (unpaired) electrons. The monoisotopic (exact) mass is 277 g/mol. The van der Waals surface area contributed by atoms with Gasteiger partial charge in [-0.1, -0.05) is 18.6 Å². The van der Waals surface area contributed by atoms with Gasteiger partial charge in [0.2, 0.25) is 5.91 Å². The molecule has 0 bridgehead atoms. The SMILES string of the molecule is NCC1(CC(=O)NCc2cccc([N+](=O)[O-])c2)CCC1. The van der Waals surface area contributed by atoms with Gasteiger partial charge in [-0.15, -0.1) is 0 Å². The lowest BCUT2D eigenvalue weighted by atomic mass is 9.66. The molecule has 0 spiro atoms. The zero-order valence-corrected chi connectivity index (χ0v) is 11.3. The number of rotatable bonds is 6. The van der Waals surface area contributed by atoms with Crippen molar-refractivity contribution in [2.45, 2.75) is 32.2 Å². The molecule has 6 nitrogen and oxygen atoms in total. The van der Waals surface area contributed by atoms with Crippen LogP contribution in [0.4, 0.5) is 5.69 Å². The van der Waals surface area contributed by atoms with E-state index >= 15 is 0 Å². The van der Waals surface area contributed by atoms with E-state index in [0.29, 0.717) is 19.5 Å². The lowest BCUT2D eigenvalue weighted by molar-refractivity contribution is -0.384.